The van der Waals surface area contributed by atoms with Crippen LogP contribution in [-0.2, 0) is 0 Å². The number of hydrogen-bond donors (Lipinski definition) is 0. The second-order valence-electron chi connectivity index (χ2n) is 5.73. The minimum Gasteiger partial charge on any atom is -0.298 e. The molecule has 0 amide bonds. The Morgan fingerprint density at radius 2 is 1.30 bits per heavy atom. The highest BCUT2D eigenvalue weighted by Crippen LogP contribution is 2.29. The van der Waals surface area contributed by atoms with Crippen LogP contribution in [0, 0.1) is 11.8 Å². The quantitative estimate of drug-likeness (QED) is 0.732. The van der Waals surface area contributed by atoms with Gasteiger partial charge in [-0.1, -0.05) is 67.3 Å². The number of rotatable bonds is 2. The summed E-state index contributed by atoms with van der Waals surface area (Å²) in [6.45, 7) is 6.32. The zero-order valence-electron chi connectivity index (χ0n) is 12.0. The van der Waals surface area contributed by atoms with E-state index >= 15 is 0 Å². The van der Waals surface area contributed by atoms with Crippen LogP contribution < -0.4 is 0 Å². The van der Waals surface area contributed by atoms with Gasteiger partial charge in [-0.3, -0.25) is 4.90 Å². The summed E-state index contributed by atoms with van der Waals surface area (Å²) < 4.78 is 0. The molecule has 3 aliphatic rings. The van der Waals surface area contributed by atoms with E-state index in [1.807, 2.05) is 0 Å². The molecule has 0 N–H and O–H groups in total. The highest BCUT2D eigenvalue weighted by Gasteiger charge is 2.20. The van der Waals surface area contributed by atoms with Gasteiger partial charge in [0, 0.05) is 24.9 Å². The predicted molar refractivity (Wildman–Crippen MR) is 86.3 cm³/mol. The molecule has 0 unspecified atom stereocenters. The van der Waals surface area contributed by atoms with Crippen molar-refractivity contribution in [1.82, 2.24) is 4.90 Å². The number of likely N-dealkylation sites (tertiary alicyclic amines) is 1. The van der Waals surface area contributed by atoms with E-state index in [0.717, 1.165) is 13.1 Å². The molecule has 1 nitrogen and oxygen atoms in total. The van der Waals surface area contributed by atoms with Gasteiger partial charge in [-0.05, 0) is 23.8 Å². The Bertz CT molecular complexity index is 507. The van der Waals surface area contributed by atoms with Crippen LogP contribution in [0.2, 0.25) is 0 Å². The molecule has 2 aliphatic carbocycles. The van der Waals surface area contributed by atoms with E-state index in [-0.39, 0.29) is 0 Å². The van der Waals surface area contributed by atoms with Gasteiger partial charge in [0.25, 0.3) is 0 Å². The highest BCUT2D eigenvalue weighted by atomic mass is 15.1. The second kappa shape index (κ2) is 5.64. The van der Waals surface area contributed by atoms with Crippen LogP contribution >= 0.6 is 0 Å². The van der Waals surface area contributed by atoms with E-state index in [4.69, 9.17) is 0 Å². The van der Waals surface area contributed by atoms with Gasteiger partial charge >= 0.3 is 0 Å². The molecular formula is C19H21N. The lowest BCUT2D eigenvalue weighted by atomic mass is 9.90. The SMILES string of the molecule is C=C1C(=CC2C=CC=C2)CN(C)CC1=CC1C=CC=C1. The van der Waals surface area contributed by atoms with Crippen molar-refractivity contribution in [3.8, 4) is 0 Å². The summed E-state index contributed by atoms with van der Waals surface area (Å²) in [6.07, 6.45) is 22.0. The topological polar surface area (TPSA) is 3.24 Å². The van der Waals surface area contributed by atoms with Crippen molar-refractivity contribution in [2.75, 3.05) is 20.1 Å². The van der Waals surface area contributed by atoms with Crippen molar-refractivity contribution >= 4 is 0 Å². The zero-order valence-corrected chi connectivity index (χ0v) is 12.0. The molecule has 1 heterocycles. The van der Waals surface area contributed by atoms with Crippen molar-refractivity contribution in [3.63, 3.8) is 0 Å². The molecule has 0 saturated carbocycles. The third kappa shape index (κ3) is 2.83. The lowest BCUT2D eigenvalue weighted by Crippen LogP contribution is -2.30. The molecule has 3 rings (SSSR count). The van der Waals surface area contributed by atoms with Crippen LogP contribution in [0.3, 0.4) is 0 Å². The van der Waals surface area contributed by atoms with Gasteiger partial charge in [0.15, 0.2) is 0 Å². The summed E-state index contributed by atoms with van der Waals surface area (Å²) in [5.74, 6) is 0.863. The number of nitrogens with zero attached hydrogens (tertiary/aromatic N) is 1. The molecule has 0 bridgehead atoms. The largest absolute Gasteiger partial charge is 0.298 e. The fraction of sp³-hybridized carbons (Fsp3) is 0.263. The van der Waals surface area contributed by atoms with Gasteiger partial charge in [-0.25, -0.2) is 0 Å². The molecule has 0 spiro atoms. The molecule has 0 atom stereocenters. The van der Waals surface area contributed by atoms with Crippen LogP contribution in [0.5, 0.6) is 0 Å². The fourth-order valence-corrected chi connectivity index (χ4v) is 2.93. The van der Waals surface area contributed by atoms with E-state index in [2.05, 4.69) is 79.3 Å². The van der Waals surface area contributed by atoms with E-state index in [0.29, 0.717) is 11.8 Å². The van der Waals surface area contributed by atoms with Crippen LogP contribution in [0.1, 0.15) is 0 Å². The summed E-state index contributed by atoms with van der Waals surface area (Å²) in [7, 11) is 2.18. The highest BCUT2D eigenvalue weighted by molar-refractivity contribution is 5.50. The smallest absolute Gasteiger partial charge is 0.0237 e. The maximum absolute atomic E-state index is 4.34. The van der Waals surface area contributed by atoms with Gasteiger partial charge < -0.3 is 0 Å². The first-order valence-corrected chi connectivity index (χ1v) is 7.22. The molecule has 0 radical (unpaired) electrons. The van der Waals surface area contributed by atoms with Gasteiger partial charge in [-0.15, -0.1) is 0 Å². The van der Waals surface area contributed by atoms with E-state index in [1.54, 1.807) is 0 Å². The van der Waals surface area contributed by atoms with Crippen molar-refractivity contribution in [1.29, 1.82) is 0 Å². The van der Waals surface area contributed by atoms with E-state index in [9.17, 15) is 0 Å². The maximum Gasteiger partial charge on any atom is 0.0237 e. The monoisotopic (exact) mass is 263 g/mol. The standard InChI is InChI=1S/C19H21N/c1-15-18(11-16-7-3-4-8-16)13-20(2)14-19(15)12-17-9-5-6-10-17/h3-12,16-17H,1,13-14H2,2H3. The lowest BCUT2D eigenvalue weighted by Gasteiger charge is -2.30. The Hall–Kier alpha value is -1.86. The van der Waals surface area contributed by atoms with Crippen LogP contribution in [0.15, 0.2) is 84.1 Å². The number of hydrogen-bond acceptors (Lipinski definition) is 1. The Kier molecular flexibility index (Phi) is 3.70. The first kappa shape index (κ1) is 13.1. The lowest BCUT2D eigenvalue weighted by molar-refractivity contribution is 0.381. The first-order valence-electron chi connectivity index (χ1n) is 7.22. The molecule has 0 aromatic heterocycles. The van der Waals surface area contributed by atoms with Gasteiger partial charge in [0.2, 0.25) is 0 Å². The Balaban J connectivity index is 1.83. The third-order valence-corrected chi connectivity index (χ3v) is 4.00. The molecular weight excluding hydrogens is 242 g/mol. The average molecular weight is 263 g/mol. The Labute approximate surface area is 121 Å². The molecule has 20 heavy (non-hydrogen) atoms. The average Bonchev–Trinajstić information content (AvgIpc) is 3.08. The van der Waals surface area contributed by atoms with Gasteiger partial charge in [0.1, 0.15) is 0 Å². The normalized spacial score (nSPS) is 27.8. The summed E-state index contributed by atoms with van der Waals surface area (Å²) in [5, 5.41) is 0. The molecule has 102 valence electrons. The molecule has 1 fully saturated rings. The summed E-state index contributed by atoms with van der Waals surface area (Å²) >= 11 is 0. The first-order chi connectivity index (χ1) is 9.72. The minimum atomic E-state index is 0.431. The van der Waals surface area contributed by atoms with E-state index < -0.39 is 0 Å². The van der Waals surface area contributed by atoms with Crippen LogP contribution in [0.4, 0.5) is 0 Å². The number of piperidine rings is 1. The number of likely N-dealkylation sites (N-methyl/N-ethyl adjacent to an activating group) is 1. The van der Waals surface area contributed by atoms with Crippen molar-refractivity contribution in [2.24, 2.45) is 11.8 Å². The van der Waals surface area contributed by atoms with Crippen LogP contribution in [-0.4, -0.2) is 25.0 Å². The van der Waals surface area contributed by atoms with E-state index in [1.165, 1.54) is 16.7 Å². The second-order valence-corrected chi connectivity index (χ2v) is 5.73. The Morgan fingerprint density at radius 3 is 1.70 bits per heavy atom. The molecule has 1 saturated heterocycles. The third-order valence-electron chi connectivity index (χ3n) is 4.00. The summed E-state index contributed by atoms with van der Waals surface area (Å²) in [5.41, 5.74) is 3.93. The minimum absolute atomic E-state index is 0.431. The summed E-state index contributed by atoms with van der Waals surface area (Å²) in [6, 6.07) is 0. The molecule has 1 aliphatic heterocycles. The van der Waals surface area contributed by atoms with Crippen LogP contribution in [0.25, 0.3) is 0 Å². The van der Waals surface area contributed by atoms with Crippen molar-refractivity contribution in [2.45, 2.75) is 0 Å². The molecule has 1 heteroatoms. The van der Waals surface area contributed by atoms with Gasteiger partial charge in [-0.2, -0.15) is 0 Å². The van der Waals surface area contributed by atoms with Crippen molar-refractivity contribution in [3.05, 3.63) is 84.1 Å². The molecule has 0 aromatic carbocycles. The number of allylic oxidation sites excluding steroid dienone is 10. The molecule has 0 aromatic rings. The zero-order chi connectivity index (χ0) is 13.9. The van der Waals surface area contributed by atoms with Gasteiger partial charge in [0.05, 0.1) is 0 Å². The Morgan fingerprint density at radius 1 is 0.900 bits per heavy atom. The fourth-order valence-electron chi connectivity index (χ4n) is 2.93. The maximum atomic E-state index is 4.34. The predicted octanol–water partition coefficient (Wildman–Crippen LogP) is 3.83. The summed E-state index contributed by atoms with van der Waals surface area (Å²) in [4.78, 5) is 2.36. The van der Waals surface area contributed by atoms with Crippen molar-refractivity contribution < 1.29 is 0 Å².